The van der Waals surface area contributed by atoms with Crippen LogP contribution in [0.25, 0.3) is 11.3 Å². The zero-order valence-corrected chi connectivity index (χ0v) is 16.3. The Labute approximate surface area is 170 Å². The van der Waals surface area contributed by atoms with Gasteiger partial charge in [0.2, 0.25) is 0 Å². The molecule has 0 bridgehead atoms. The molecule has 2 aromatic rings. The summed E-state index contributed by atoms with van der Waals surface area (Å²) in [6.45, 7) is 3.52. The van der Waals surface area contributed by atoms with Crippen LogP contribution in [0.4, 0.5) is 4.79 Å². The van der Waals surface area contributed by atoms with E-state index < -0.39 is 6.09 Å². The topological polar surface area (TPSA) is 80.5 Å². The Hall–Kier alpha value is -2.91. The molecule has 5 rings (SSSR count). The fourth-order valence-electron chi connectivity index (χ4n) is 5.29. The predicted molar refractivity (Wildman–Crippen MR) is 108 cm³/mol. The Morgan fingerprint density at radius 3 is 2.66 bits per heavy atom. The van der Waals surface area contributed by atoms with Crippen LogP contribution in [0.3, 0.4) is 0 Å². The molecule has 0 saturated carbocycles. The molecule has 1 spiro atoms. The van der Waals surface area contributed by atoms with Crippen molar-refractivity contribution in [3.8, 4) is 17.3 Å². The molecule has 0 unspecified atom stereocenters. The van der Waals surface area contributed by atoms with Gasteiger partial charge in [-0.2, -0.15) is 5.26 Å². The first-order chi connectivity index (χ1) is 14.1. The summed E-state index contributed by atoms with van der Waals surface area (Å²) in [6.07, 6.45) is 5.04. The molecule has 2 saturated heterocycles. The van der Waals surface area contributed by atoms with Gasteiger partial charge in [0.05, 0.1) is 11.3 Å². The van der Waals surface area contributed by atoms with Gasteiger partial charge in [0.1, 0.15) is 6.07 Å². The smallest absolute Gasteiger partial charge is 0.407 e. The summed E-state index contributed by atoms with van der Waals surface area (Å²) < 4.78 is 0. The molecule has 1 atom stereocenters. The number of carbonyl (C=O) groups is 1. The molecule has 1 aromatic carbocycles. The van der Waals surface area contributed by atoms with E-state index in [1.807, 2.05) is 12.1 Å². The third kappa shape index (κ3) is 3.16. The molecule has 3 aliphatic rings. The third-order valence-corrected chi connectivity index (χ3v) is 6.99. The molecule has 3 heterocycles. The lowest BCUT2D eigenvalue weighted by atomic mass is 9.71. The van der Waals surface area contributed by atoms with Crippen LogP contribution in [0.2, 0.25) is 0 Å². The van der Waals surface area contributed by atoms with E-state index in [1.165, 1.54) is 11.1 Å². The van der Waals surface area contributed by atoms with Crippen LogP contribution in [0, 0.1) is 16.7 Å². The molecule has 1 N–H and O–H groups in total. The fraction of sp³-hybridized carbons (Fsp3) is 0.435. The molecule has 6 nitrogen and oxygen atoms in total. The van der Waals surface area contributed by atoms with Gasteiger partial charge in [-0.3, -0.25) is 9.88 Å². The van der Waals surface area contributed by atoms with E-state index in [0.717, 1.165) is 50.0 Å². The molecule has 148 valence electrons. The maximum atomic E-state index is 11.1. The number of rotatable bonds is 2. The highest BCUT2D eigenvalue weighted by molar-refractivity contribution is 5.65. The lowest BCUT2D eigenvalue weighted by Gasteiger charge is -2.56. The second-order valence-corrected chi connectivity index (χ2v) is 8.69. The first-order valence-corrected chi connectivity index (χ1v) is 10.3. The molecule has 1 aromatic heterocycles. The van der Waals surface area contributed by atoms with E-state index in [9.17, 15) is 4.79 Å². The van der Waals surface area contributed by atoms with E-state index in [0.29, 0.717) is 30.1 Å². The maximum Gasteiger partial charge on any atom is 0.407 e. The predicted octanol–water partition coefficient (Wildman–Crippen LogP) is 3.68. The van der Waals surface area contributed by atoms with E-state index in [2.05, 4.69) is 34.2 Å². The lowest BCUT2D eigenvalue weighted by molar-refractivity contribution is -0.0664. The molecule has 0 radical (unpaired) electrons. The Balaban J connectivity index is 1.27. The average Bonchev–Trinajstić information content (AvgIpc) is 3.15. The standard InChI is InChI=1S/C23H24N4O2/c24-12-16-1-5-20(25-13-16)18-2-4-19-17(11-18)3-6-21(19)27-14-23(15-27)7-9-26(10-8-23)22(28)29/h1-2,4-5,11,13,21H,3,6-10,14-15H2,(H,28,29)/t21-/m1/s1. The number of likely N-dealkylation sites (tertiary alicyclic amines) is 2. The number of aromatic nitrogens is 1. The Bertz CT molecular complexity index is 979. The minimum atomic E-state index is -0.784. The zero-order valence-electron chi connectivity index (χ0n) is 16.3. The molecule has 2 aliphatic heterocycles. The number of piperidine rings is 1. The minimum absolute atomic E-state index is 0.320. The van der Waals surface area contributed by atoms with Crippen molar-refractivity contribution >= 4 is 6.09 Å². The number of fused-ring (bicyclic) bond motifs is 1. The van der Waals surface area contributed by atoms with Gasteiger partial charge >= 0.3 is 6.09 Å². The number of aryl methyl sites for hydroxylation is 1. The van der Waals surface area contributed by atoms with Crippen LogP contribution < -0.4 is 0 Å². The number of hydrogen-bond donors (Lipinski definition) is 1. The van der Waals surface area contributed by atoms with Gasteiger partial charge in [0.25, 0.3) is 0 Å². The minimum Gasteiger partial charge on any atom is -0.465 e. The molecular weight excluding hydrogens is 364 g/mol. The monoisotopic (exact) mass is 388 g/mol. The quantitative estimate of drug-likeness (QED) is 0.849. The molecule has 29 heavy (non-hydrogen) atoms. The second-order valence-electron chi connectivity index (χ2n) is 8.69. The van der Waals surface area contributed by atoms with Gasteiger partial charge < -0.3 is 10.0 Å². The van der Waals surface area contributed by atoms with E-state index in [4.69, 9.17) is 10.4 Å². The molecule has 1 amide bonds. The highest BCUT2D eigenvalue weighted by atomic mass is 16.4. The summed E-state index contributed by atoms with van der Waals surface area (Å²) in [5.41, 5.74) is 5.75. The number of benzene rings is 1. The number of carboxylic acid groups (broad SMARTS) is 1. The third-order valence-electron chi connectivity index (χ3n) is 6.99. The summed E-state index contributed by atoms with van der Waals surface area (Å²) >= 11 is 0. The normalized spacial score (nSPS) is 22.7. The zero-order chi connectivity index (χ0) is 20.0. The van der Waals surface area contributed by atoms with Gasteiger partial charge in [-0.1, -0.05) is 12.1 Å². The number of nitriles is 1. The number of hydrogen-bond acceptors (Lipinski definition) is 4. The van der Waals surface area contributed by atoms with Crippen molar-refractivity contribution in [2.24, 2.45) is 5.41 Å². The second kappa shape index (κ2) is 6.85. The Morgan fingerprint density at radius 2 is 2.00 bits per heavy atom. The average molecular weight is 388 g/mol. The molecule has 6 heteroatoms. The van der Waals surface area contributed by atoms with Gasteiger partial charge in [-0.05, 0) is 60.4 Å². The van der Waals surface area contributed by atoms with Crippen molar-refractivity contribution in [1.82, 2.24) is 14.8 Å². The number of amides is 1. The SMILES string of the molecule is N#Cc1ccc(-c2ccc3c(c2)CC[C@H]3N2CC3(CCN(C(=O)O)CC3)C2)nc1. The summed E-state index contributed by atoms with van der Waals surface area (Å²) in [5.74, 6) is 0. The summed E-state index contributed by atoms with van der Waals surface area (Å²) in [6, 6.07) is 13.0. The lowest BCUT2D eigenvalue weighted by Crippen LogP contribution is -2.61. The molecular formula is C23H24N4O2. The highest BCUT2D eigenvalue weighted by Crippen LogP contribution is 2.48. The van der Waals surface area contributed by atoms with Crippen molar-refractivity contribution in [2.75, 3.05) is 26.2 Å². The highest BCUT2D eigenvalue weighted by Gasteiger charge is 2.48. The Morgan fingerprint density at radius 1 is 1.21 bits per heavy atom. The van der Waals surface area contributed by atoms with Gasteiger partial charge in [-0.25, -0.2) is 4.79 Å². The van der Waals surface area contributed by atoms with E-state index in [1.54, 1.807) is 11.1 Å². The fourth-order valence-corrected chi connectivity index (χ4v) is 5.29. The first kappa shape index (κ1) is 18.1. The summed E-state index contributed by atoms with van der Waals surface area (Å²) in [5, 5.41) is 18.1. The van der Waals surface area contributed by atoms with Crippen molar-refractivity contribution in [2.45, 2.75) is 31.7 Å². The van der Waals surface area contributed by atoms with Crippen LogP contribution in [-0.2, 0) is 6.42 Å². The van der Waals surface area contributed by atoms with Crippen molar-refractivity contribution in [3.05, 3.63) is 53.2 Å². The van der Waals surface area contributed by atoms with Crippen molar-refractivity contribution in [1.29, 1.82) is 5.26 Å². The largest absolute Gasteiger partial charge is 0.465 e. The van der Waals surface area contributed by atoms with E-state index >= 15 is 0 Å². The van der Waals surface area contributed by atoms with Crippen molar-refractivity contribution < 1.29 is 9.90 Å². The van der Waals surface area contributed by atoms with E-state index in [-0.39, 0.29) is 0 Å². The van der Waals surface area contributed by atoms with Gasteiger partial charge in [-0.15, -0.1) is 0 Å². The van der Waals surface area contributed by atoms with Gasteiger partial charge in [0.15, 0.2) is 0 Å². The van der Waals surface area contributed by atoms with Crippen molar-refractivity contribution in [3.63, 3.8) is 0 Å². The van der Waals surface area contributed by atoms with Gasteiger partial charge in [0, 0.05) is 44.0 Å². The van der Waals surface area contributed by atoms with Crippen LogP contribution in [-0.4, -0.2) is 52.2 Å². The number of nitrogens with zero attached hydrogens (tertiary/aromatic N) is 4. The number of pyridine rings is 1. The van der Waals surface area contributed by atoms with Crippen LogP contribution >= 0.6 is 0 Å². The molecule has 1 aliphatic carbocycles. The van der Waals surface area contributed by atoms with Crippen LogP contribution in [0.1, 0.15) is 42.0 Å². The summed E-state index contributed by atoms with van der Waals surface area (Å²) in [4.78, 5) is 19.7. The maximum absolute atomic E-state index is 11.1. The van der Waals surface area contributed by atoms with Crippen LogP contribution in [0.5, 0.6) is 0 Å². The Kier molecular flexibility index (Phi) is 4.29. The van der Waals surface area contributed by atoms with Crippen LogP contribution in [0.15, 0.2) is 36.5 Å². The summed E-state index contributed by atoms with van der Waals surface area (Å²) in [7, 11) is 0. The first-order valence-electron chi connectivity index (χ1n) is 10.3. The molecule has 2 fully saturated rings.